The summed E-state index contributed by atoms with van der Waals surface area (Å²) in [5.74, 6) is -6.10. The Hall–Kier alpha value is -3.82. The van der Waals surface area contributed by atoms with Gasteiger partial charge >= 0.3 is 11.9 Å². The van der Waals surface area contributed by atoms with E-state index in [1.165, 1.54) is 0 Å². The first kappa shape index (κ1) is 20.9. The second-order valence-electron chi connectivity index (χ2n) is 6.90. The van der Waals surface area contributed by atoms with Crippen LogP contribution in [-0.4, -0.2) is 54.8 Å². The zero-order chi connectivity index (χ0) is 22.0. The van der Waals surface area contributed by atoms with Gasteiger partial charge in [-0.25, -0.2) is 9.59 Å². The smallest absolute Gasteiger partial charge is 0.338 e. The van der Waals surface area contributed by atoms with Crippen LogP contribution < -0.4 is 0 Å². The highest BCUT2D eigenvalue weighted by Gasteiger charge is 2.33. The number of aromatic hydroxyl groups is 6. The van der Waals surface area contributed by atoms with E-state index in [1.807, 2.05) is 0 Å². The molecule has 3 rings (SSSR count). The number of rotatable bonds is 4. The predicted octanol–water partition coefficient (Wildman–Crippen LogP) is 2.25. The van der Waals surface area contributed by atoms with Gasteiger partial charge in [-0.15, -0.1) is 0 Å². The summed E-state index contributed by atoms with van der Waals surface area (Å²) in [7, 11) is 0. The highest BCUT2D eigenvalue weighted by molar-refractivity contribution is 5.92. The number of phenols is 6. The quantitative estimate of drug-likeness (QED) is 0.318. The minimum atomic E-state index is -0.895. The summed E-state index contributed by atoms with van der Waals surface area (Å²) < 4.78 is 10.8. The van der Waals surface area contributed by atoms with Crippen LogP contribution in [0.5, 0.6) is 34.5 Å². The van der Waals surface area contributed by atoms with Crippen molar-refractivity contribution in [1.29, 1.82) is 0 Å². The molecule has 160 valence electrons. The predicted molar refractivity (Wildman–Crippen MR) is 99.7 cm³/mol. The molecule has 2 atom stereocenters. The average molecular weight is 420 g/mol. The van der Waals surface area contributed by atoms with Crippen molar-refractivity contribution in [1.82, 2.24) is 0 Å². The fourth-order valence-electron chi connectivity index (χ4n) is 3.19. The highest BCUT2D eigenvalue weighted by atomic mass is 16.6. The Morgan fingerprint density at radius 1 is 0.633 bits per heavy atom. The Balaban J connectivity index is 1.73. The van der Waals surface area contributed by atoms with E-state index in [0.29, 0.717) is 25.7 Å². The summed E-state index contributed by atoms with van der Waals surface area (Å²) >= 11 is 0. The molecular formula is C20H20O10. The maximum Gasteiger partial charge on any atom is 0.338 e. The Bertz CT molecular complexity index is 858. The summed E-state index contributed by atoms with van der Waals surface area (Å²) in [6, 6.07) is 3.74. The van der Waals surface area contributed by atoms with Crippen molar-refractivity contribution in [3.63, 3.8) is 0 Å². The van der Waals surface area contributed by atoms with Gasteiger partial charge in [-0.3, -0.25) is 0 Å². The zero-order valence-electron chi connectivity index (χ0n) is 15.6. The molecule has 0 bridgehead atoms. The molecule has 2 aromatic carbocycles. The Morgan fingerprint density at radius 2 is 0.933 bits per heavy atom. The van der Waals surface area contributed by atoms with Crippen molar-refractivity contribution in [2.45, 2.75) is 37.9 Å². The van der Waals surface area contributed by atoms with Crippen molar-refractivity contribution in [2.75, 3.05) is 0 Å². The number of hydrogen-bond donors (Lipinski definition) is 6. The van der Waals surface area contributed by atoms with Gasteiger partial charge in [-0.2, -0.15) is 0 Å². The first-order valence-corrected chi connectivity index (χ1v) is 9.09. The van der Waals surface area contributed by atoms with Crippen molar-refractivity contribution in [3.05, 3.63) is 35.4 Å². The molecule has 0 amide bonds. The molecule has 0 aliphatic heterocycles. The average Bonchev–Trinajstić information content (AvgIpc) is 2.70. The maximum atomic E-state index is 12.4. The van der Waals surface area contributed by atoms with Gasteiger partial charge in [0.15, 0.2) is 34.5 Å². The number of ether oxygens (including phenoxy) is 2. The number of benzene rings is 2. The third-order valence-electron chi connectivity index (χ3n) is 4.77. The van der Waals surface area contributed by atoms with Gasteiger partial charge in [-0.1, -0.05) is 0 Å². The fourth-order valence-corrected chi connectivity index (χ4v) is 3.19. The summed E-state index contributed by atoms with van der Waals surface area (Å²) in [4.78, 5) is 24.8. The topological polar surface area (TPSA) is 174 Å². The van der Waals surface area contributed by atoms with E-state index in [4.69, 9.17) is 9.47 Å². The standard InChI is InChI=1S/C20H20O10/c21-11-5-9(6-12(22)17(11)25)19(27)29-15-3-1-2-4-16(15)30-20(28)10-7-13(23)18(26)14(24)8-10/h5-8,15-16,21-26H,1-4H2/t15-,16-/m1/s1. The molecule has 1 aliphatic carbocycles. The molecule has 30 heavy (non-hydrogen) atoms. The molecule has 0 radical (unpaired) electrons. The number of carbonyl (C=O) groups excluding carboxylic acids is 2. The lowest BCUT2D eigenvalue weighted by atomic mass is 9.94. The van der Waals surface area contributed by atoms with Crippen molar-refractivity contribution in [2.24, 2.45) is 0 Å². The molecule has 0 heterocycles. The minimum absolute atomic E-state index is 0.202. The molecule has 1 fully saturated rings. The van der Waals surface area contributed by atoms with Crippen LogP contribution in [-0.2, 0) is 9.47 Å². The normalized spacial score (nSPS) is 18.5. The molecule has 0 spiro atoms. The molecular weight excluding hydrogens is 400 g/mol. The molecule has 0 saturated heterocycles. The van der Waals surface area contributed by atoms with Gasteiger partial charge in [0, 0.05) is 0 Å². The van der Waals surface area contributed by atoms with Crippen LogP contribution in [0.3, 0.4) is 0 Å². The highest BCUT2D eigenvalue weighted by Crippen LogP contribution is 2.37. The molecule has 10 heteroatoms. The number of hydrogen-bond acceptors (Lipinski definition) is 10. The molecule has 6 N–H and O–H groups in total. The maximum absolute atomic E-state index is 12.4. The SMILES string of the molecule is O=C(O[C@@H]1CCCC[C@H]1OC(=O)c1cc(O)c(O)c(O)c1)c1cc(O)c(O)c(O)c1. The van der Waals surface area contributed by atoms with Crippen molar-refractivity contribution < 1.29 is 49.7 Å². The van der Waals surface area contributed by atoms with E-state index < -0.39 is 58.6 Å². The molecule has 0 aromatic heterocycles. The van der Waals surface area contributed by atoms with Crippen LogP contribution in [0.2, 0.25) is 0 Å². The molecule has 0 unspecified atom stereocenters. The molecule has 10 nitrogen and oxygen atoms in total. The summed E-state index contributed by atoms with van der Waals surface area (Å²) in [5.41, 5.74) is -0.404. The number of carbonyl (C=O) groups is 2. The van der Waals surface area contributed by atoms with Crippen LogP contribution in [0.4, 0.5) is 0 Å². The van der Waals surface area contributed by atoms with Crippen molar-refractivity contribution in [3.8, 4) is 34.5 Å². The lowest BCUT2D eigenvalue weighted by Gasteiger charge is -2.30. The van der Waals surface area contributed by atoms with Gasteiger partial charge in [-0.05, 0) is 49.9 Å². The van der Waals surface area contributed by atoms with Crippen molar-refractivity contribution >= 4 is 11.9 Å². The number of esters is 2. The lowest BCUT2D eigenvalue weighted by Crippen LogP contribution is -2.37. The Labute approximate surface area is 170 Å². The van der Waals surface area contributed by atoms with E-state index in [-0.39, 0.29) is 11.1 Å². The molecule has 1 saturated carbocycles. The third-order valence-corrected chi connectivity index (χ3v) is 4.77. The molecule has 2 aromatic rings. The van der Waals surface area contributed by atoms with Gasteiger partial charge < -0.3 is 40.1 Å². The zero-order valence-corrected chi connectivity index (χ0v) is 15.6. The Morgan fingerprint density at radius 3 is 1.23 bits per heavy atom. The van der Waals surface area contributed by atoms with Gasteiger partial charge in [0.1, 0.15) is 12.2 Å². The van der Waals surface area contributed by atoms with Crippen LogP contribution in [0.25, 0.3) is 0 Å². The second-order valence-corrected chi connectivity index (χ2v) is 6.90. The number of phenolic OH excluding ortho intramolecular Hbond substituents is 6. The fraction of sp³-hybridized carbons (Fsp3) is 0.300. The van der Waals surface area contributed by atoms with Crippen LogP contribution >= 0.6 is 0 Å². The van der Waals surface area contributed by atoms with E-state index in [0.717, 1.165) is 24.3 Å². The van der Waals surface area contributed by atoms with Crippen LogP contribution in [0.15, 0.2) is 24.3 Å². The second kappa shape index (κ2) is 8.27. The molecule has 1 aliphatic rings. The van der Waals surface area contributed by atoms with Gasteiger partial charge in [0.2, 0.25) is 0 Å². The lowest BCUT2D eigenvalue weighted by molar-refractivity contribution is -0.0514. The van der Waals surface area contributed by atoms with Gasteiger partial charge in [0.25, 0.3) is 0 Å². The summed E-state index contributed by atoms with van der Waals surface area (Å²) in [6.45, 7) is 0. The van der Waals surface area contributed by atoms with Crippen LogP contribution in [0, 0.1) is 0 Å². The van der Waals surface area contributed by atoms with E-state index in [1.54, 1.807) is 0 Å². The van der Waals surface area contributed by atoms with E-state index in [2.05, 4.69) is 0 Å². The van der Waals surface area contributed by atoms with Crippen LogP contribution in [0.1, 0.15) is 46.4 Å². The first-order chi connectivity index (χ1) is 14.2. The summed E-state index contributed by atoms with van der Waals surface area (Å²) in [6.07, 6.45) is 0.579. The van der Waals surface area contributed by atoms with E-state index in [9.17, 15) is 40.2 Å². The minimum Gasteiger partial charge on any atom is -0.504 e. The largest absolute Gasteiger partial charge is 0.504 e. The first-order valence-electron chi connectivity index (χ1n) is 9.09. The van der Waals surface area contributed by atoms with E-state index >= 15 is 0 Å². The summed E-state index contributed by atoms with van der Waals surface area (Å²) in [5, 5.41) is 57.0. The Kier molecular flexibility index (Phi) is 5.77. The monoisotopic (exact) mass is 420 g/mol. The third kappa shape index (κ3) is 4.27. The van der Waals surface area contributed by atoms with Gasteiger partial charge in [0.05, 0.1) is 11.1 Å².